The highest BCUT2D eigenvalue weighted by Gasteiger charge is 2.11. The molecule has 0 unspecified atom stereocenters. The molecule has 0 saturated carbocycles. The maximum atomic E-state index is 5.89. The minimum Gasteiger partial charge on any atom is -0.492 e. The van der Waals surface area contributed by atoms with Gasteiger partial charge in [0.2, 0.25) is 0 Å². The molecular formula is C16H26N4O. The van der Waals surface area contributed by atoms with E-state index >= 15 is 0 Å². The number of ether oxygens (including phenoxy) is 1. The van der Waals surface area contributed by atoms with E-state index in [0.29, 0.717) is 13.2 Å². The number of pyridine rings is 1. The standard InChI is InChI=1S/C16H26N4O/c1-16(2,3)6-10-21-14-12-17-9-5-13(14)11-20-15-18-7-4-8-19-15/h5,9,12H,4,6-8,10-11H2,1-3H3,(H2,18,19,20). The molecule has 0 radical (unpaired) electrons. The first kappa shape index (κ1) is 15.6. The van der Waals surface area contributed by atoms with Crippen molar-refractivity contribution < 1.29 is 4.74 Å². The molecule has 116 valence electrons. The maximum absolute atomic E-state index is 5.89. The first-order valence-electron chi connectivity index (χ1n) is 7.62. The van der Waals surface area contributed by atoms with Crippen LogP contribution < -0.4 is 15.4 Å². The topological polar surface area (TPSA) is 58.5 Å². The Bertz CT molecular complexity index is 479. The Morgan fingerprint density at radius 3 is 2.95 bits per heavy atom. The number of nitrogens with zero attached hydrogens (tertiary/aromatic N) is 2. The number of nitrogens with one attached hydrogen (secondary N) is 2. The second-order valence-corrected chi connectivity index (χ2v) is 6.51. The largest absolute Gasteiger partial charge is 0.492 e. The third kappa shape index (κ3) is 5.61. The van der Waals surface area contributed by atoms with Gasteiger partial charge in [-0.25, -0.2) is 0 Å². The molecule has 0 aliphatic carbocycles. The lowest BCUT2D eigenvalue weighted by Gasteiger charge is -2.20. The Morgan fingerprint density at radius 1 is 1.38 bits per heavy atom. The average molecular weight is 290 g/mol. The number of rotatable bonds is 5. The van der Waals surface area contributed by atoms with Crippen LogP contribution in [-0.4, -0.2) is 30.6 Å². The molecule has 2 heterocycles. The van der Waals surface area contributed by atoms with Crippen LogP contribution in [0.25, 0.3) is 0 Å². The van der Waals surface area contributed by atoms with Gasteiger partial charge < -0.3 is 15.4 Å². The second-order valence-electron chi connectivity index (χ2n) is 6.51. The van der Waals surface area contributed by atoms with Crippen LogP contribution in [0.4, 0.5) is 0 Å². The van der Waals surface area contributed by atoms with Crippen molar-refractivity contribution in [2.75, 3.05) is 19.7 Å². The van der Waals surface area contributed by atoms with Crippen molar-refractivity contribution in [1.82, 2.24) is 15.6 Å². The van der Waals surface area contributed by atoms with Crippen molar-refractivity contribution >= 4 is 5.96 Å². The SMILES string of the molecule is CC(C)(C)CCOc1cnccc1CNC1=NCCCN1. The fourth-order valence-electron chi connectivity index (χ4n) is 1.98. The lowest BCUT2D eigenvalue weighted by atomic mass is 9.93. The Labute approximate surface area is 127 Å². The number of hydrogen-bond acceptors (Lipinski definition) is 5. The van der Waals surface area contributed by atoms with Crippen molar-refractivity contribution in [3.63, 3.8) is 0 Å². The van der Waals surface area contributed by atoms with Crippen LogP contribution in [0.3, 0.4) is 0 Å². The number of aromatic nitrogens is 1. The predicted molar refractivity (Wildman–Crippen MR) is 85.6 cm³/mol. The summed E-state index contributed by atoms with van der Waals surface area (Å²) in [5.41, 5.74) is 1.38. The normalized spacial score (nSPS) is 15.1. The zero-order valence-corrected chi connectivity index (χ0v) is 13.3. The summed E-state index contributed by atoms with van der Waals surface area (Å²) in [7, 11) is 0. The van der Waals surface area contributed by atoms with Gasteiger partial charge in [-0.1, -0.05) is 20.8 Å². The summed E-state index contributed by atoms with van der Waals surface area (Å²) in [4.78, 5) is 8.56. The number of guanidine groups is 1. The quantitative estimate of drug-likeness (QED) is 0.874. The van der Waals surface area contributed by atoms with Gasteiger partial charge in [-0.05, 0) is 24.3 Å². The third-order valence-electron chi connectivity index (χ3n) is 3.32. The molecule has 0 amide bonds. The van der Waals surface area contributed by atoms with E-state index in [0.717, 1.165) is 43.2 Å². The van der Waals surface area contributed by atoms with Gasteiger partial charge in [0.1, 0.15) is 5.75 Å². The lowest BCUT2D eigenvalue weighted by molar-refractivity contribution is 0.240. The average Bonchev–Trinajstić information content (AvgIpc) is 2.46. The van der Waals surface area contributed by atoms with Crippen LogP contribution in [0.15, 0.2) is 23.5 Å². The maximum Gasteiger partial charge on any atom is 0.191 e. The lowest BCUT2D eigenvalue weighted by Crippen LogP contribution is -2.40. The van der Waals surface area contributed by atoms with Gasteiger partial charge in [0, 0.05) is 31.4 Å². The summed E-state index contributed by atoms with van der Waals surface area (Å²) in [5, 5.41) is 6.57. The van der Waals surface area contributed by atoms with E-state index in [1.165, 1.54) is 0 Å². The van der Waals surface area contributed by atoms with E-state index in [2.05, 4.69) is 41.4 Å². The molecule has 0 bridgehead atoms. The van der Waals surface area contributed by atoms with Gasteiger partial charge in [-0.3, -0.25) is 9.98 Å². The highest BCUT2D eigenvalue weighted by molar-refractivity contribution is 5.80. The van der Waals surface area contributed by atoms with Crippen molar-refractivity contribution in [1.29, 1.82) is 0 Å². The molecule has 1 aromatic rings. The van der Waals surface area contributed by atoms with Crippen LogP contribution in [-0.2, 0) is 6.54 Å². The minimum atomic E-state index is 0.279. The van der Waals surface area contributed by atoms with E-state index in [9.17, 15) is 0 Å². The van der Waals surface area contributed by atoms with Crippen molar-refractivity contribution in [3.05, 3.63) is 24.0 Å². The molecule has 2 N–H and O–H groups in total. The first-order valence-corrected chi connectivity index (χ1v) is 7.62. The second kappa shape index (κ2) is 7.29. The third-order valence-corrected chi connectivity index (χ3v) is 3.32. The van der Waals surface area contributed by atoms with Crippen LogP contribution in [0.5, 0.6) is 5.75 Å². The van der Waals surface area contributed by atoms with Gasteiger partial charge in [-0.2, -0.15) is 0 Å². The summed E-state index contributed by atoms with van der Waals surface area (Å²) in [6.45, 7) is 9.93. The number of aliphatic imine (C=N–C) groups is 1. The molecule has 0 aromatic carbocycles. The Morgan fingerprint density at radius 2 is 2.24 bits per heavy atom. The highest BCUT2D eigenvalue weighted by atomic mass is 16.5. The van der Waals surface area contributed by atoms with Gasteiger partial charge in [0.15, 0.2) is 5.96 Å². The molecule has 5 heteroatoms. The molecule has 0 fully saturated rings. The zero-order valence-electron chi connectivity index (χ0n) is 13.3. The van der Waals surface area contributed by atoms with Gasteiger partial charge in [-0.15, -0.1) is 0 Å². The van der Waals surface area contributed by atoms with Crippen molar-refractivity contribution in [2.24, 2.45) is 10.4 Å². The Balaban J connectivity index is 1.88. The molecule has 1 aromatic heterocycles. The predicted octanol–water partition coefficient (Wildman–Crippen LogP) is 2.34. The molecule has 1 aliphatic heterocycles. The summed E-state index contributed by atoms with van der Waals surface area (Å²) in [6.07, 6.45) is 5.70. The van der Waals surface area contributed by atoms with Gasteiger partial charge in [0.25, 0.3) is 0 Å². The first-order chi connectivity index (χ1) is 10.0. The zero-order chi connectivity index (χ0) is 15.1. The van der Waals surface area contributed by atoms with Gasteiger partial charge >= 0.3 is 0 Å². The molecule has 5 nitrogen and oxygen atoms in total. The van der Waals surface area contributed by atoms with E-state index in [1.807, 2.05) is 6.07 Å². The van der Waals surface area contributed by atoms with Crippen molar-refractivity contribution in [3.8, 4) is 5.75 Å². The van der Waals surface area contributed by atoms with Crippen LogP contribution in [0, 0.1) is 5.41 Å². The molecule has 21 heavy (non-hydrogen) atoms. The Hall–Kier alpha value is -1.78. The van der Waals surface area contributed by atoms with E-state index in [1.54, 1.807) is 12.4 Å². The Kier molecular flexibility index (Phi) is 5.42. The molecule has 2 rings (SSSR count). The smallest absolute Gasteiger partial charge is 0.191 e. The molecule has 0 saturated heterocycles. The fraction of sp³-hybridized carbons (Fsp3) is 0.625. The van der Waals surface area contributed by atoms with E-state index < -0.39 is 0 Å². The van der Waals surface area contributed by atoms with Crippen molar-refractivity contribution in [2.45, 2.75) is 40.2 Å². The fourth-order valence-corrected chi connectivity index (χ4v) is 1.98. The summed E-state index contributed by atoms with van der Waals surface area (Å²) in [6, 6.07) is 1.99. The molecular weight excluding hydrogens is 264 g/mol. The monoisotopic (exact) mass is 290 g/mol. The molecule has 1 aliphatic rings. The summed E-state index contributed by atoms with van der Waals surface area (Å²) in [5.74, 6) is 1.73. The highest BCUT2D eigenvalue weighted by Crippen LogP contribution is 2.21. The van der Waals surface area contributed by atoms with Gasteiger partial charge in [0.05, 0.1) is 12.8 Å². The molecule has 0 atom stereocenters. The van der Waals surface area contributed by atoms with E-state index in [-0.39, 0.29) is 5.41 Å². The minimum absolute atomic E-state index is 0.279. The summed E-state index contributed by atoms with van der Waals surface area (Å²) >= 11 is 0. The van der Waals surface area contributed by atoms with E-state index in [4.69, 9.17) is 4.74 Å². The van der Waals surface area contributed by atoms with Crippen LogP contribution >= 0.6 is 0 Å². The number of hydrogen-bond donors (Lipinski definition) is 2. The van der Waals surface area contributed by atoms with Crippen LogP contribution in [0.1, 0.15) is 39.2 Å². The van der Waals surface area contributed by atoms with Crippen LogP contribution in [0.2, 0.25) is 0 Å². The summed E-state index contributed by atoms with van der Waals surface area (Å²) < 4.78 is 5.89. The molecule has 0 spiro atoms.